The largest absolute Gasteiger partial charge is 0.394 e. The first-order valence-corrected chi connectivity index (χ1v) is 9.32. The van der Waals surface area contributed by atoms with Gasteiger partial charge in [0.1, 0.15) is 5.82 Å². The van der Waals surface area contributed by atoms with E-state index in [-0.39, 0.29) is 25.1 Å². The molecule has 1 aromatic carbocycles. The number of anilines is 2. The fraction of sp³-hybridized carbons (Fsp3) is 0.286. The lowest BCUT2D eigenvalue weighted by atomic mass is 10.1. The molecule has 1 atom stereocenters. The van der Waals surface area contributed by atoms with Crippen LogP contribution < -0.4 is 10.6 Å². The quantitative estimate of drug-likeness (QED) is 0.534. The Hall–Kier alpha value is -3.13. The molecule has 0 spiro atoms. The van der Waals surface area contributed by atoms with E-state index in [4.69, 9.17) is 0 Å². The zero-order valence-electron chi connectivity index (χ0n) is 16.2. The number of pyridine rings is 1. The molecule has 0 radical (unpaired) electrons. The Bertz CT molecular complexity index is 953. The van der Waals surface area contributed by atoms with Gasteiger partial charge in [0.05, 0.1) is 24.0 Å². The van der Waals surface area contributed by atoms with Crippen molar-refractivity contribution in [3.05, 3.63) is 65.9 Å². The van der Waals surface area contributed by atoms with Crippen molar-refractivity contribution < 1.29 is 13.9 Å². The molecule has 0 fully saturated rings. The summed E-state index contributed by atoms with van der Waals surface area (Å²) in [5.74, 6) is -0.780. The lowest BCUT2D eigenvalue weighted by Gasteiger charge is -2.20. The highest BCUT2D eigenvalue weighted by molar-refractivity contribution is 5.61. The van der Waals surface area contributed by atoms with Crippen LogP contribution in [0.15, 0.2) is 48.7 Å². The van der Waals surface area contributed by atoms with Crippen molar-refractivity contribution in [3.8, 4) is 11.4 Å². The van der Waals surface area contributed by atoms with Crippen LogP contribution in [0.4, 0.5) is 20.5 Å². The van der Waals surface area contributed by atoms with Crippen molar-refractivity contribution in [2.24, 2.45) is 5.92 Å². The summed E-state index contributed by atoms with van der Waals surface area (Å²) in [7, 11) is 0. The number of hydrogen-bond acceptors (Lipinski definition) is 6. The molecule has 0 aliphatic heterocycles. The second-order valence-electron chi connectivity index (χ2n) is 6.96. The Balaban J connectivity index is 1.88. The molecular weight excluding hydrogens is 376 g/mol. The molecule has 0 bridgehead atoms. The molecule has 3 rings (SSSR count). The summed E-state index contributed by atoms with van der Waals surface area (Å²) in [6.45, 7) is 4.16. The molecule has 2 heterocycles. The van der Waals surface area contributed by atoms with Gasteiger partial charge in [0.25, 0.3) is 0 Å². The molecule has 2 aromatic heterocycles. The Morgan fingerprint density at radius 3 is 2.48 bits per heavy atom. The van der Waals surface area contributed by atoms with Crippen LogP contribution in [0.1, 0.15) is 19.4 Å². The van der Waals surface area contributed by atoms with Gasteiger partial charge in [0.15, 0.2) is 11.6 Å². The summed E-state index contributed by atoms with van der Waals surface area (Å²) in [5, 5.41) is 15.9. The standard InChI is InChI=1S/C21H23F2N5O/c1-13(2)19(12-29)27-21-26-18(17-5-3-4-8-24-17)10-20(28-21)25-11-14-6-7-15(22)16(23)9-14/h3-10,13,19,29H,11-12H2,1-2H3,(H2,25,26,27,28)/t19-/m1/s1. The van der Waals surface area contributed by atoms with Crippen molar-refractivity contribution in [2.75, 3.05) is 17.2 Å². The smallest absolute Gasteiger partial charge is 0.225 e. The topological polar surface area (TPSA) is 83.0 Å². The van der Waals surface area contributed by atoms with Crippen molar-refractivity contribution in [2.45, 2.75) is 26.4 Å². The van der Waals surface area contributed by atoms with Gasteiger partial charge in [-0.3, -0.25) is 4.98 Å². The van der Waals surface area contributed by atoms with Crippen LogP contribution in [0.2, 0.25) is 0 Å². The maximum atomic E-state index is 13.4. The van der Waals surface area contributed by atoms with Crippen LogP contribution in [0.5, 0.6) is 0 Å². The number of nitrogens with one attached hydrogen (secondary N) is 2. The summed E-state index contributed by atoms with van der Waals surface area (Å²) in [6, 6.07) is 10.8. The Morgan fingerprint density at radius 2 is 1.83 bits per heavy atom. The third kappa shape index (κ3) is 5.45. The van der Waals surface area contributed by atoms with E-state index < -0.39 is 11.6 Å². The van der Waals surface area contributed by atoms with Crippen LogP contribution in [0.25, 0.3) is 11.4 Å². The summed E-state index contributed by atoms with van der Waals surface area (Å²) >= 11 is 0. The number of nitrogens with zero attached hydrogens (tertiary/aromatic N) is 3. The van der Waals surface area contributed by atoms with Gasteiger partial charge in [0, 0.05) is 18.8 Å². The van der Waals surface area contributed by atoms with Crippen molar-refractivity contribution in [1.82, 2.24) is 15.0 Å². The van der Waals surface area contributed by atoms with Gasteiger partial charge in [-0.05, 0) is 35.7 Å². The molecule has 3 N–H and O–H groups in total. The number of benzene rings is 1. The summed E-state index contributed by atoms with van der Waals surface area (Å²) < 4.78 is 26.6. The van der Waals surface area contributed by atoms with Crippen molar-refractivity contribution >= 4 is 11.8 Å². The second kappa shape index (κ2) is 9.38. The average Bonchev–Trinajstić information content (AvgIpc) is 2.73. The molecule has 8 heteroatoms. The van der Waals surface area contributed by atoms with Gasteiger partial charge in [-0.15, -0.1) is 0 Å². The van der Waals surface area contributed by atoms with Crippen LogP contribution in [-0.2, 0) is 6.54 Å². The normalized spacial score (nSPS) is 12.1. The molecule has 152 valence electrons. The van der Waals surface area contributed by atoms with E-state index in [9.17, 15) is 13.9 Å². The predicted molar refractivity (Wildman–Crippen MR) is 108 cm³/mol. The summed E-state index contributed by atoms with van der Waals surface area (Å²) in [5.41, 5.74) is 1.84. The van der Waals surface area contributed by atoms with E-state index in [1.54, 1.807) is 12.3 Å². The highest BCUT2D eigenvalue weighted by Gasteiger charge is 2.15. The molecular formula is C21H23F2N5O. The van der Waals surface area contributed by atoms with Gasteiger partial charge in [-0.25, -0.2) is 13.8 Å². The van der Waals surface area contributed by atoms with E-state index in [0.29, 0.717) is 28.7 Å². The minimum Gasteiger partial charge on any atom is -0.394 e. The first-order valence-electron chi connectivity index (χ1n) is 9.32. The Kier molecular flexibility index (Phi) is 6.66. The molecule has 0 aliphatic rings. The van der Waals surface area contributed by atoms with Gasteiger partial charge in [0.2, 0.25) is 5.95 Å². The molecule has 0 unspecified atom stereocenters. The van der Waals surface area contributed by atoms with Crippen molar-refractivity contribution in [1.29, 1.82) is 0 Å². The maximum Gasteiger partial charge on any atom is 0.225 e. The van der Waals surface area contributed by atoms with E-state index >= 15 is 0 Å². The fourth-order valence-electron chi connectivity index (χ4n) is 2.68. The Labute approximate surface area is 168 Å². The number of halogens is 2. The molecule has 0 saturated heterocycles. The van der Waals surface area contributed by atoms with E-state index in [1.165, 1.54) is 6.07 Å². The number of aromatic nitrogens is 3. The molecule has 0 aliphatic carbocycles. The average molecular weight is 399 g/mol. The number of hydrogen-bond donors (Lipinski definition) is 3. The predicted octanol–water partition coefficient (Wildman–Crippen LogP) is 3.86. The monoisotopic (exact) mass is 399 g/mol. The molecule has 0 saturated carbocycles. The van der Waals surface area contributed by atoms with Crippen LogP contribution >= 0.6 is 0 Å². The number of aliphatic hydroxyl groups is 1. The molecule has 29 heavy (non-hydrogen) atoms. The fourth-order valence-corrected chi connectivity index (χ4v) is 2.68. The number of aliphatic hydroxyl groups excluding tert-OH is 1. The third-order valence-electron chi connectivity index (χ3n) is 4.43. The molecule has 6 nitrogen and oxygen atoms in total. The van der Waals surface area contributed by atoms with E-state index in [0.717, 1.165) is 12.1 Å². The maximum absolute atomic E-state index is 13.4. The van der Waals surface area contributed by atoms with Gasteiger partial charge in [-0.1, -0.05) is 26.0 Å². The summed E-state index contributed by atoms with van der Waals surface area (Å²) in [6.07, 6.45) is 1.67. The van der Waals surface area contributed by atoms with Crippen LogP contribution in [0, 0.1) is 17.6 Å². The van der Waals surface area contributed by atoms with Crippen molar-refractivity contribution in [3.63, 3.8) is 0 Å². The first kappa shape index (κ1) is 20.6. The van der Waals surface area contributed by atoms with E-state index in [1.807, 2.05) is 32.0 Å². The molecule has 0 amide bonds. The number of rotatable bonds is 8. The van der Waals surface area contributed by atoms with E-state index in [2.05, 4.69) is 25.6 Å². The Morgan fingerprint density at radius 1 is 1.00 bits per heavy atom. The zero-order chi connectivity index (χ0) is 20.8. The highest BCUT2D eigenvalue weighted by atomic mass is 19.2. The van der Waals surface area contributed by atoms with Gasteiger partial charge in [-0.2, -0.15) is 4.98 Å². The lowest BCUT2D eigenvalue weighted by molar-refractivity contribution is 0.248. The SMILES string of the molecule is CC(C)[C@@H](CO)Nc1nc(NCc2ccc(F)c(F)c2)cc(-c2ccccn2)n1. The zero-order valence-corrected chi connectivity index (χ0v) is 16.2. The summed E-state index contributed by atoms with van der Waals surface area (Å²) in [4.78, 5) is 13.3. The van der Waals surface area contributed by atoms with Crippen LogP contribution in [-0.4, -0.2) is 32.7 Å². The molecule has 3 aromatic rings. The van der Waals surface area contributed by atoms with Crippen LogP contribution in [0.3, 0.4) is 0 Å². The minimum absolute atomic E-state index is 0.0630. The minimum atomic E-state index is -0.897. The van der Waals surface area contributed by atoms with Gasteiger partial charge >= 0.3 is 0 Å². The lowest BCUT2D eigenvalue weighted by Crippen LogP contribution is -2.30. The third-order valence-corrected chi connectivity index (χ3v) is 4.43. The second-order valence-corrected chi connectivity index (χ2v) is 6.96. The van der Waals surface area contributed by atoms with Gasteiger partial charge < -0.3 is 15.7 Å². The highest BCUT2D eigenvalue weighted by Crippen LogP contribution is 2.21. The first-order chi connectivity index (χ1) is 14.0.